The number of ketones is 1. The van der Waals surface area contributed by atoms with Crippen LogP contribution < -0.4 is 5.32 Å². The lowest BCUT2D eigenvalue weighted by Gasteiger charge is -2.71. The third-order valence-corrected chi connectivity index (χ3v) is 15.2. The van der Waals surface area contributed by atoms with Crippen molar-refractivity contribution in [1.82, 2.24) is 0 Å². The summed E-state index contributed by atoms with van der Waals surface area (Å²) in [6, 6.07) is 5.17. The first kappa shape index (κ1) is 32.5. The third-order valence-electron chi connectivity index (χ3n) is 14.5. The fourth-order valence-electron chi connectivity index (χ4n) is 11.7. The van der Waals surface area contributed by atoms with Gasteiger partial charge in [0.05, 0.1) is 34.3 Å². The van der Waals surface area contributed by atoms with Crippen LogP contribution in [0.2, 0.25) is 10.0 Å². The number of hydrogen-bond acceptors (Lipinski definition) is 5. The highest BCUT2D eigenvalue weighted by molar-refractivity contribution is 6.42. The number of benzene rings is 1. The van der Waals surface area contributed by atoms with Crippen LogP contribution in [-0.4, -0.2) is 45.8 Å². The zero-order valence-corrected chi connectivity index (χ0v) is 28.4. The van der Waals surface area contributed by atoms with Crippen molar-refractivity contribution in [3.63, 3.8) is 0 Å². The van der Waals surface area contributed by atoms with E-state index in [1.807, 2.05) is 13.0 Å². The molecule has 1 aromatic carbocycles. The molecule has 6 rings (SSSR count). The first-order chi connectivity index (χ1) is 20.5. The molecule has 1 amide bonds. The molecular weight excluding hydrogens is 597 g/mol. The SMILES string of the molecule is C[C@H]1[C@H](C)CC[C@]2(C(=O)Nc3ccc(Cl)c(Cl)c3)CC[C@]3(C)C(=CC(=O)[C@@H]4[C@@]5(C)C[C@@H](O)[C@H](O)[C@@](C)(CO)[C@@H]5CC[C@]43C)[C@H]12. The van der Waals surface area contributed by atoms with Crippen LogP contribution in [0.15, 0.2) is 29.8 Å². The molecule has 4 saturated carbocycles. The normalized spacial score (nSPS) is 48.3. The first-order valence-electron chi connectivity index (χ1n) is 16.5. The van der Waals surface area contributed by atoms with Crippen LogP contribution in [0.5, 0.6) is 0 Å². The van der Waals surface area contributed by atoms with Gasteiger partial charge in [-0.3, -0.25) is 9.59 Å². The van der Waals surface area contributed by atoms with E-state index in [4.69, 9.17) is 23.2 Å². The van der Waals surface area contributed by atoms with Crippen molar-refractivity contribution >= 4 is 40.6 Å². The molecule has 4 fully saturated rings. The molecular formula is C36H49Cl2NO5. The molecule has 0 unspecified atom stereocenters. The number of aliphatic hydroxyl groups excluding tert-OH is 3. The van der Waals surface area contributed by atoms with Gasteiger partial charge in [-0.2, -0.15) is 0 Å². The summed E-state index contributed by atoms with van der Waals surface area (Å²) in [6.45, 7) is 12.9. The van der Waals surface area contributed by atoms with Gasteiger partial charge in [-0.15, -0.1) is 0 Å². The Labute approximate surface area is 272 Å². The number of aliphatic hydroxyl groups is 3. The average Bonchev–Trinajstić information content (AvgIpc) is 2.96. The van der Waals surface area contributed by atoms with Crippen LogP contribution in [0.25, 0.3) is 0 Å². The van der Waals surface area contributed by atoms with E-state index in [-0.39, 0.29) is 47.4 Å². The van der Waals surface area contributed by atoms with Crippen LogP contribution in [0, 0.1) is 56.7 Å². The van der Waals surface area contributed by atoms with Crippen molar-refractivity contribution in [3.05, 3.63) is 39.9 Å². The Morgan fingerprint density at radius 3 is 2.36 bits per heavy atom. The number of halogens is 2. The number of rotatable bonds is 3. The molecule has 0 spiro atoms. The van der Waals surface area contributed by atoms with Gasteiger partial charge < -0.3 is 20.6 Å². The maximum atomic E-state index is 14.7. The van der Waals surface area contributed by atoms with Gasteiger partial charge in [0.1, 0.15) is 0 Å². The van der Waals surface area contributed by atoms with Crippen molar-refractivity contribution in [2.45, 2.75) is 98.7 Å². The maximum Gasteiger partial charge on any atom is 0.231 e. The lowest BCUT2D eigenvalue weighted by molar-refractivity contribution is -0.238. The van der Waals surface area contributed by atoms with Crippen molar-refractivity contribution in [3.8, 4) is 0 Å². The van der Waals surface area contributed by atoms with Gasteiger partial charge in [-0.25, -0.2) is 0 Å². The molecule has 5 aliphatic carbocycles. The fraction of sp³-hybridized carbons (Fsp3) is 0.722. The van der Waals surface area contributed by atoms with E-state index in [0.29, 0.717) is 28.1 Å². The molecule has 4 N–H and O–H groups in total. The maximum absolute atomic E-state index is 14.7. The van der Waals surface area contributed by atoms with Gasteiger partial charge in [0, 0.05) is 17.0 Å². The molecule has 5 aliphatic rings. The zero-order valence-electron chi connectivity index (χ0n) is 26.9. The van der Waals surface area contributed by atoms with Crippen LogP contribution in [0.4, 0.5) is 5.69 Å². The number of hydrogen-bond donors (Lipinski definition) is 4. The Morgan fingerprint density at radius 1 is 1.00 bits per heavy atom. The van der Waals surface area contributed by atoms with E-state index in [0.717, 1.165) is 44.1 Å². The minimum Gasteiger partial charge on any atom is -0.396 e. The van der Waals surface area contributed by atoms with Crippen LogP contribution >= 0.6 is 23.2 Å². The van der Waals surface area contributed by atoms with E-state index in [9.17, 15) is 24.9 Å². The van der Waals surface area contributed by atoms with E-state index >= 15 is 0 Å². The van der Waals surface area contributed by atoms with Gasteiger partial charge in [0.2, 0.25) is 5.91 Å². The van der Waals surface area contributed by atoms with Crippen molar-refractivity contribution in [1.29, 1.82) is 0 Å². The predicted molar refractivity (Wildman–Crippen MR) is 173 cm³/mol. The van der Waals surface area contributed by atoms with E-state index in [2.05, 4.69) is 39.9 Å². The molecule has 0 heterocycles. The highest BCUT2D eigenvalue weighted by Crippen LogP contribution is 2.75. The first-order valence-corrected chi connectivity index (χ1v) is 17.3. The van der Waals surface area contributed by atoms with Crippen LogP contribution in [0.1, 0.15) is 86.5 Å². The summed E-state index contributed by atoms with van der Waals surface area (Å²) < 4.78 is 0. The molecule has 8 heteroatoms. The summed E-state index contributed by atoms with van der Waals surface area (Å²) in [5, 5.41) is 36.7. The van der Waals surface area contributed by atoms with Crippen LogP contribution in [-0.2, 0) is 9.59 Å². The van der Waals surface area contributed by atoms with E-state index in [1.54, 1.807) is 18.2 Å². The number of amides is 1. The standard InChI is InChI=1S/C36H49Cl2NO5/c1-19-9-12-36(31(44)39-21-7-8-23(37)24(38)15-21)14-13-34(5)22(28(36)20(19)2)16-25(41)29-32(3)17-26(42)30(43)33(4,18-40)27(32)10-11-35(29,34)6/h7-8,15-16,19-20,26-30,40,42-43H,9-14,17-18H2,1-6H3,(H,39,44)/t19-,20+,26-,27-,28+,29-,30+,32+,33+,34-,35-,36+/m1/s1. The Balaban J connectivity index is 1.45. The minimum absolute atomic E-state index is 0.0129. The summed E-state index contributed by atoms with van der Waals surface area (Å²) >= 11 is 12.5. The fourth-order valence-corrected chi connectivity index (χ4v) is 12.0. The van der Waals surface area contributed by atoms with E-state index in [1.165, 1.54) is 0 Å². The van der Waals surface area contributed by atoms with E-state index < -0.39 is 33.9 Å². The van der Waals surface area contributed by atoms with Gasteiger partial charge in [0.25, 0.3) is 0 Å². The zero-order chi connectivity index (χ0) is 32.2. The molecule has 0 saturated heterocycles. The van der Waals surface area contributed by atoms with Crippen molar-refractivity contribution in [2.24, 2.45) is 56.7 Å². The Hall–Kier alpha value is -1.44. The second-order valence-electron chi connectivity index (χ2n) is 16.3. The minimum atomic E-state index is -1.04. The molecule has 44 heavy (non-hydrogen) atoms. The third kappa shape index (κ3) is 4.16. The molecule has 0 aliphatic heterocycles. The summed E-state index contributed by atoms with van der Waals surface area (Å²) in [5.74, 6) is 0.128. The van der Waals surface area contributed by atoms with Gasteiger partial charge >= 0.3 is 0 Å². The highest BCUT2D eigenvalue weighted by atomic mass is 35.5. The molecule has 1 aromatic rings. The Morgan fingerprint density at radius 2 is 1.70 bits per heavy atom. The molecule has 242 valence electrons. The number of allylic oxidation sites excluding steroid dienone is 2. The number of anilines is 1. The number of carbonyl (C=O) groups is 2. The number of nitrogens with one attached hydrogen (secondary N) is 1. The Bertz CT molecular complexity index is 1410. The van der Waals surface area contributed by atoms with Gasteiger partial charge in [0.15, 0.2) is 5.78 Å². The highest BCUT2D eigenvalue weighted by Gasteiger charge is 2.72. The summed E-state index contributed by atoms with van der Waals surface area (Å²) in [7, 11) is 0. The molecule has 6 nitrogen and oxygen atoms in total. The van der Waals surface area contributed by atoms with Crippen molar-refractivity contribution in [2.75, 3.05) is 11.9 Å². The monoisotopic (exact) mass is 645 g/mol. The number of carbonyl (C=O) groups excluding carboxylic acids is 2. The smallest absolute Gasteiger partial charge is 0.231 e. The van der Waals surface area contributed by atoms with Gasteiger partial charge in [-0.1, -0.05) is 70.3 Å². The molecule has 12 atom stereocenters. The largest absolute Gasteiger partial charge is 0.396 e. The van der Waals surface area contributed by atoms with Crippen molar-refractivity contribution < 1.29 is 24.9 Å². The molecule has 0 radical (unpaired) electrons. The summed E-state index contributed by atoms with van der Waals surface area (Å²) in [6.07, 6.45) is 4.96. The molecule has 0 bridgehead atoms. The molecule has 0 aromatic heterocycles. The number of fused-ring (bicyclic) bond motifs is 7. The lowest BCUT2D eigenvalue weighted by atomic mass is 9.33. The summed E-state index contributed by atoms with van der Waals surface area (Å²) in [5.41, 5.74) is -1.10. The lowest BCUT2D eigenvalue weighted by Crippen LogP contribution is -2.70. The second-order valence-corrected chi connectivity index (χ2v) is 17.1. The quantitative estimate of drug-likeness (QED) is 0.281. The topological polar surface area (TPSA) is 107 Å². The average molecular weight is 647 g/mol. The van der Waals surface area contributed by atoms with Gasteiger partial charge in [-0.05, 0) is 109 Å². The predicted octanol–water partition coefficient (Wildman–Crippen LogP) is 7.07. The summed E-state index contributed by atoms with van der Waals surface area (Å²) in [4.78, 5) is 29.1. The van der Waals surface area contributed by atoms with Crippen LogP contribution in [0.3, 0.4) is 0 Å². The Kier molecular flexibility index (Phi) is 7.78. The second kappa shape index (κ2) is 10.5.